The van der Waals surface area contributed by atoms with E-state index in [4.69, 9.17) is 19.0 Å². The van der Waals surface area contributed by atoms with E-state index in [9.17, 15) is 4.79 Å². The van der Waals surface area contributed by atoms with Crippen LogP contribution in [0.5, 0.6) is 0 Å². The lowest BCUT2D eigenvalue weighted by Gasteiger charge is -2.42. The van der Waals surface area contributed by atoms with Gasteiger partial charge in [-0.2, -0.15) is 0 Å². The molecule has 164 valence electrons. The van der Waals surface area contributed by atoms with Gasteiger partial charge in [-0.05, 0) is 67.4 Å². The molecule has 8 heteroatoms. The van der Waals surface area contributed by atoms with Crippen LogP contribution in [0.4, 0.5) is 10.6 Å². The quantitative estimate of drug-likeness (QED) is 0.693. The Labute approximate surface area is 180 Å². The first-order valence-corrected chi connectivity index (χ1v) is 10.9. The summed E-state index contributed by atoms with van der Waals surface area (Å²) in [5.74, 6) is 0.922. The average Bonchev–Trinajstić information content (AvgIpc) is 3.33. The minimum atomic E-state index is -0.477. The zero-order valence-corrected chi connectivity index (χ0v) is 19.3. The molecule has 2 aliphatic heterocycles. The normalized spacial score (nSPS) is 24.3. The minimum absolute atomic E-state index is 0.118. The summed E-state index contributed by atoms with van der Waals surface area (Å²) in [5.41, 5.74) is -0.410. The maximum absolute atomic E-state index is 12.7. The van der Waals surface area contributed by atoms with Crippen molar-refractivity contribution in [1.82, 2.24) is 9.88 Å². The number of hydrogen-bond donors (Lipinski definition) is 0. The maximum atomic E-state index is 12.7. The highest BCUT2D eigenvalue weighted by Gasteiger charge is 2.55. The highest BCUT2D eigenvalue weighted by molar-refractivity contribution is 6.62. The smallest absolute Gasteiger partial charge is 0.444 e. The Morgan fingerprint density at radius 3 is 2.23 bits per heavy atom. The summed E-state index contributed by atoms with van der Waals surface area (Å²) in [6.07, 6.45) is 3.66. The van der Waals surface area contributed by atoms with E-state index in [2.05, 4.69) is 4.90 Å². The third kappa shape index (κ3) is 3.92. The van der Waals surface area contributed by atoms with Crippen LogP contribution in [-0.4, -0.2) is 65.1 Å². The minimum Gasteiger partial charge on any atom is -0.444 e. The molecule has 0 radical (unpaired) electrons. The molecule has 0 N–H and O–H groups in total. The van der Waals surface area contributed by atoms with E-state index < -0.39 is 12.7 Å². The van der Waals surface area contributed by atoms with Crippen LogP contribution in [0.15, 0.2) is 18.3 Å². The Morgan fingerprint density at radius 1 is 1.10 bits per heavy atom. The Bertz CT molecular complexity index is 799. The van der Waals surface area contributed by atoms with Crippen molar-refractivity contribution in [3.8, 4) is 0 Å². The number of nitrogens with zero attached hydrogens (tertiary/aromatic N) is 3. The first-order chi connectivity index (χ1) is 13.8. The van der Waals surface area contributed by atoms with E-state index in [1.165, 1.54) is 0 Å². The van der Waals surface area contributed by atoms with Crippen molar-refractivity contribution in [1.29, 1.82) is 0 Å². The molecule has 7 nitrogen and oxygen atoms in total. The molecule has 3 aliphatic rings. The van der Waals surface area contributed by atoms with Crippen LogP contribution in [0.25, 0.3) is 0 Å². The molecule has 30 heavy (non-hydrogen) atoms. The first-order valence-electron chi connectivity index (χ1n) is 10.9. The van der Waals surface area contributed by atoms with Gasteiger partial charge >= 0.3 is 13.2 Å². The lowest BCUT2D eigenvalue weighted by Crippen LogP contribution is -2.58. The average molecular weight is 415 g/mol. The fraction of sp³-hybridized carbons (Fsp3) is 0.727. The van der Waals surface area contributed by atoms with Gasteiger partial charge in [0.15, 0.2) is 0 Å². The highest BCUT2D eigenvalue weighted by Crippen LogP contribution is 2.45. The van der Waals surface area contributed by atoms with Crippen molar-refractivity contribution in [3.05, 3.63) is 18.3 Å². The molecular weight excluding hydrogens is 381 g/mol. The third-order valence-electron chi connectivity index (χ3n) is 6.71. The number of aromatic nitrogens is 1. The van der Waals surface area contributed by atoms with Crippen LogP contribution in [0.3, 0.4) is 0 Å². The van der Waals surface area contributed by atoms with Crippen LogP contribution in [-0.2, 0) is 14.0 Å². The van der Waals surface area contributed by atoms with Gasteiger partial charge in [0, 0.05) is 31.3 Å². The lowest BCUT2D eigenvalue weighted by atomic mass is 9.80. The Hall–Kier alpha value is -1.80. The second-order valence-corrected chi connectivity index (χ2v) is 10.8. The van der Waals surface area contributed by atoms with Gasteiger partial charge < -0.3 is 18.9 Å². The first kappa shape index (κ1) is 21.4. The second-order valence-electron chi connectivity index (χ2n) is 10.8. The zero-order valence-electron chi connectivity index (χ0n) is 19.3. The van der Waals surface area contributed by atoms with Crippen LogP contribution < -0.4 is 10.4 Å². The van der Waals surface area contributed by atoms with Gasteiger partial charge in [-0.15, -0.1) is 0 Å². The van der Waals surface area contributed by atoms with E-state index in [0.29, 0.717) is 6.54 Å². The summed E-state index contributed by atoms with van der Waals surface area (Å²) >= 11 is 0. The molecule has 0 atom stereocenters. The van der Waals surface area contributed by atoms with Crippen molar-refractivity contribution >= 4 is 24.5 Å². The molecule has 0 aromatic carbocycles. The van der Waals surface area contributed by atoms with Gasteiger partial charge in [-0.25, -0.2) is 9.78 Å². The Balaban J connectivity index is 1.43. The second kappa shape index (κ2) is 6.85. The van der Waals surface area contributed by atoms with Gasteiger partial charge in [0.2, 0.25) is 0 Å². The standard InChI is InChI=1S/C22H34BN3O4/c1-19(2,3)28-18(27)26-13-12-25(15-22(26)10-11-22)17-9-8-16(14-24-17)23-29-20(4,5)21(6,7)30-23/h8-9,14H,10-13,15H2,1-7H3. The van der Waals surface area contributed by atoms with E-state index in [1.807, 2.05) is 71.7 Å². The van der Waals surface area contributed by atoms with Crippen molar-refractivity contribution in [2.24, 2.45) is 0 Å². The topological polar surface area (TPSA) is 64.1 Å². The van der Waals surface area contributed by atoms with E-state index in [1.54, 1.807) is 0 Å². The van der Waals surface area contributed by atoms with Crippen LogP contribution in [0.2, 0.25) is 0 Å². The molecule has 3 fully saturated rings. The Kier molecular flexibility index (Phi) is 4.90. The molecular formula is C22H34BN3O4. The molecule has 1 aromatic heterocycles. The number of piperazine rings is 1. The van der Waals surface area contributed by atoms with Crippen molar-refractivity contribution in [2.45, 2.75) is 83.6 Å². The van der Waals surface area contributed by atoms with Crippen molar-refractivity contribution < 1.29 is 18.8 Å². The van der Waals surface area contributed by atoms with Crippen LogP contribution in [0.1, 0.15) is 61.3 Å². The fourth-order valence-electron chi connectivity index (χ4n) is 4.05. The number of anilines is 1. The molecule has 2 saturated heterocycles. The summed E-state index contributed by atoms with van der Waals surface area (Å²) in [6, 6.07) is 4.06. The molecule has 0 bridgehead atoms. The number of rotatable bonds is 2. The fourth-order valence-corrected chi connectivity index (χ4v) is 4.05. The molecule has 1 aromatic rings. The number of amides is 1. The Morgan fingerprint density at radius 2 is 1.73 bits per heavy atom. The van der Waals surface area contributed by atoms with Gasteiger partial charge in [0.1, 0.15) is 11.4 Å². The number of ether oxygens (including phenoxy) is 1. The molecule has 0 unspecified atom stereocenters. The number of carbonyl (C=O) groups excluding carboxylic acids is 1. The molecule has 1 saturated carbocycles. The van der Waals surface area contributed by atoms with Crippen LogP contribution in [0, 0.1) is 0 Å². The van der Waals surface area contributed by atoms with E-state index in [0.717, 1.165) is 37.2 Å². The van der Waals surface area contributed by atoms with E-state index in [-0.39, 0.29) is 22.8 Å². The molecule has 1 aliphatic carbocycles. The van der Waals surface area contributed by atoms with Crippen LogP contribution >= 0.6 is 0 Å². The highest BCUT2D eigenvalue weighted by atomic mass is 16.7. The monoisotopic (exact) mass is 415 g/mol. The lowest BCUT2D eigenvalue weighted by molar-refractivity contribution is 0.00578. The van der Waals surface area contributed by atoms with Gasteiger partial charge in [-0.3, -0.25) is 4.90 Å². The predicted molar refractivity (Wildman–Crippen MR) is 117 cm³/mol. The maximum Gasteiger partial charge on any atom is 0.496 e. The molecule has 1 amide bonds. The predicted octanol–water partition coefficient (Wildman–Crippen LogP) is 2.97. The number of pyridine rings is 1. The van der Waals surface area contributed by atoms with Crippen molar-refractivity contribution in [3.63, 3.8) is 0 Å². The molecule has 4 rings (SSSR count). The third-order valence-corrected chi connectivity index (χ3v) is 6.71. The van der Waals surface area contributed by atoms with Gasteiger partial charge in [0.25, 0.3) is 0 Å². The molecule has 1 spiro atoms. The summed E-state index contributed by atoms with van der Waals surface area (Å²) in [6.45, 7) is 16.1. The summed E-state index contributed by atoms with van der Waals surface area (Å²) < 4.78 is 17.9. The van der Waals surface area contributed by atoms with E-state index >= 15 is 0 Å². The summed E-state index contributed by atoms with van der Waals surface area (Å²) in [4.78, 5) is 21.5. The number of carbonyl (C=O) groups is 1. The van der Waals surface area contributed by atoms with Crippen molar-refractivity contribution in [2.75, 3.05) is 24.5 Å². The summed E-state index contributed by atoms with van der Waals surface area (Å²) in [7, 11) is -0.407. The van der Waals surface area contributed by atoms with Gasteiger partial charge in [0.05, 0.1) is 16.7 Å². The SMILES string of the molecule is CC(C)(C)OC(=O)N1CCN(c2ccc(B3OC(C)(C)C(C)(C)O3)cn2)CC12CC2. The summed E-state index contributed by atoms with van der Waals surface area (Å²) in [5, 5.41) is 0. The largest absolute Gasteiger partial charge is 0.496 e. The molecule has 3 heterocycles. The van der Waals surface area contributed by atoms with Gasteiger partial charge in [-0.1, -0.05) is 6.07 Å². The zero-order chi connectivity index (χ0) is 21.9. The number of hydrogen-bond acceptors (Lipinski definition) is 6.